The van der Waals surface area contributed by atoms with Crippen LogP contribution in [-0.2, 0) is 6.42 Å². The van der Waals surface area contributed by atoms with E-state index in [1.54, 1.807) is 0 Å². The molecule has 0 amide bonds. The first-order valence-electron chi connectivity index (χ1n) is 8.20. The summed E-state index contributed by atoms with van der Waals surface area (Å²) in [7, 11) is 0. The minimum Gasteiger partial charge on any atom is -0.490 e. The second-order valence-corrected chi connectivity index (χ2v) is 7.51. The highest BCUT2D eigenvalue weighted by Crippen LogP contribution is 2.72. The topological polar surface area (TPSA) is 29.5 Å². The molecular weight excluding hydrogens is 248 g/mol. The Balaban J connectivity index is 1.40. The van der Waals surface area contributed by atoms with E-state index in [1.165, 1.54) is 24.8 Å². The SMILES string of the molecule is CC1Cc2cc(C(O)C3C4C5CCC(C5)C43)ccc2O1. The lowest BCUT2D eigenvalue weighted by atomic mass is 9.94. The summed E-state index contributed by atoms with van der Waals surface area (Å²) in [6.45, 7) is 2.11. The van der Waals surface area contributed by atoms with Gasteiger partial charge in [0, 0.05) is 6.42 Å². The molecule has 2 bridgehead atoms. The van der Waals surface area contributed by atoms with Crippen LogP contribution in [0.15, 0.2) is 18.2 Å². The molecule has 0 saturated heterocycles. The van der Waals surface area contributed by atoms with Gasteiger partial charge in [-0.05, 0) is 79.0 Å². The Morgan fingerprint density at radius 3 is 2.70 bits per heavy atom. The van der Waals surface area contributed by atoms with Gasteiger partial charge < -0.3 is 9.84 Å². The van der Waals surface area contributed by atoms with Crippen LogP contribution in [0.4, 0.5) is 0 Å². The lowest BCUT2D eigenvalue weighted by Gasteiger charge is -2.16. The van der Waals surface area contributed by atoms with Crippen molar-refractivity contribution in [2.24, 2.45) is 29.6 Å². The highest BCUT2D eigenvalue weighted by Gasteiger charge is 2.66. The zero-order valence-electron chi connectivity index (χ0n) is 12.0. The first-order valence-corrected chi connectivity index (χ1v) is 8.20. The molecule has 6 atom stereocenters. The molecule has 20 heavy (non-hydrogen) atoms. The highest BCUT2D eigenvalue weighted by molar-refractivity contribution is 5.42. The fourth-order valence-corrected chi connectivity index (χ4v) is 5.66. The number of ether oxygens (including phenoxy) is 1. The van der Waals surface area contributed by atoms with Gasteiger partial charge in [-0.25, -0.2) is 0 Å². The average molecular weight is 270 g/mol. The van der Waals surface area contributed by atoms with E-state index in [0.717, 1.165) is 41.4 Å². The lowest BCUT2D eigenvalue weighted by Crippen LogP contribution is -2.08. The van der Waals surface area contributed by atoms with Crippen molar-refractivity contribution in [2.75, 3.05) is 0 Å². The van der Waals surface area contributed by atoms with E-state index in [1.807, 2.05) is 0 Å². The minimum atomic E-state index is -0.241. The van der Waals surface area contributed by atoms with Crippen LogP contribution < -0.4 is 4.74 Å². The molecule has 1 N–H and O–H groups in total. The summed E-state index contributed by atoms with van der Waals surface area (Å²) in [6.07, 6.45) is 5.32. The largest absolute Gasteiger partial charge is 0.490 e. The Labute approximate surface area is 120 Å². The summed E-state index contributed by atoms with van der Waals surface area (Å²) >= 11 is 0. The van der Waals surface area contributed by atoms with Crippen LogP contribution in [0.3, 0.4) is 0 Å². The number of hydrogen-bond donors (Lipinski definition) is 1. The van der Waals surface area contributed by atoms with Gasteiger partial charge >= 0.3 is 0 Å². The molecule has 5 rings (SSSR count). The highest BCUT2D eigenvalue weighted by atomic mass is 16.5. The number of aliphatic hydroxyl groups is 1. The summed E-state index contributed by atoms with van der Waals surface area (Å²) in [6, 6.07) is 6.33. The van der Waals surface area contributed by atoms with E-state index in [9.17, 15) is 5.11 Å². The Morgan fingerprint density at radius 2 is 1.95 bits per heavy atom. The predicted octanol–water partition coefficient (Wildman–Crippen LogP) is 3.34. The predicted molar refractivity (Wildman–Crippen MR) is 76.5 cm³/mol. The van der Waals surface area contributed by atoms with Gasteiger partial charge in [0.25, 0.3) is 0 Å². The van der Waals surface area contributed by atoms with Crippen LogP contribution >= 0.6 is 0 Å². The molecule has 4 aliphatic rings. The monoisotopic (exact) mass is 270 g/mol. The normalized spacial score (nSPS) is 44.9. The van der Waals surface area contributed by atoms with Gasteiger partial charge in [0.2, 0.25) is 0 Å². The van der Waals surface area contributed by atoms with Gasteiger partial charge in [-0.15, -0.1) is 0 Å². The van der Waals surface area contributed by atoms with E-state index in [0.29, 0.717) is 5.92 Å². The summed E-state index contributed by atoms with van der Waals surface area (Å²) in [5, 5.41) is 10.8. The summed E-state index contributed by atoms with van der Waals surface area (Å²) < 4.78 is 5.75. The summed E-state index contributed by atoms with van der Waals surface area (Å²) in [4.78, 5) is 0. The molecule has 3 saturated carbocycles. The van der Waals surface area contributed by atoms with Crippen LogP contribution in [0.25, 0.3) is 0 Å². The van der Waals surface area contributed by atoms with Crippen LogP contribution in [0.2, 0.25) is 0 Å². The number of hydrogen-bond acceptors (Lipinski definition) is 2. The Hall–Kier alpha value is -1.02. The Kier molecular flexibility index (Phi) is 2.20. The van der Waals surface area contributed by atoms with Crippen molar-refractivity contribution in [3.8, 4) is 5.75 Å². The number of fused-ring (bicyclic) bond motifs is 6. The zero-order valence-corrected chi connectivity index (χ0v) is 12.0. The van der Waals surface area contributed by atoms with Crippen LogP contribution in [0, 0.1) is 29.6 Å². The molecule has 3 fully saturated rings. The van der Waals surface area contributed by atoms with Crippen molar-refractivity contribution < 1.29 is 9.84 Å². The molecular formula is C18H22O2. The maximum Gasteiger partial charge on any atom is 0.123 e. The molecule has 1 aliphatic heterocycles. The van der Waals surface area contributed by atoms with E-state index < -0.39 is 0 Å². The van der Waals surface area contributed by atoms with Crippen molar-refractivity contribution in [1.82, 2.24) is 0 Å². The molecule has 2 heteroatoms. The third-order valence-electron chi connectivity index (χ3n) is 6.42. The molecule has 0 radical (unpaired) electrons. The van der Waals surface area contributed by atoms with Crippen molar-refractivity contribution in [3.05, 3.63) is 29.3 Å². The first kappa shape index (κ1) is 11.6. The maximum absolute atomic E-state index is 10.8. The van der Waals surface area contributed by atoms with Gasteiger partial charge in [0.1, 0.15) is 11.9 Å². The number of aliphatic hydroxyl groups excluding tert-OH is 1. The van der Waals surface area contributed by atoms with E-state index in [4.69, 9.17) is 4.74 Å². The molecule has 2 nitrogen and oxygen atoms in total. The van der Waals surface area contributed by atoms with E-state index >= 15 is 0 Å². The quantitative estimate of drug-likeness (QED) is 0.893. The number of benzene rings is 1. The minimum absolute atomic E-state index is 0.241. The van der Waals surface area contributed by atoms with E-state index in [2.05, 4.69) is 25.1 Å². The van der Waals surface area contributed by atoms with Crippen LogP contribution in [0.1, 0.15) is 43.4 Å². The zero-order chi connectivity index (χ0) is 13.4. The second kappa shape index (κ2) is 3.79. The van der Waals surface area contributed by atoms with Gasteiger partial charge in [0.05, 0.1) is 6.10 Å². The lowest BCUT2D eigenvalue weighted by molar-refractivity contribution is 0.130. The third-order valence-corrected chi connectivity index (χ3v) is 6.42. The van der Waals surface area contributed by atoms with Crippen molar-refractivity contribution >= 4 is 0 Å². The Morgan fingerprint density at radius 1 is 1.20 bits per heavy atom. The maximum atomic E-state index is 10.8. The summed E-state index contributed by atoms with van der Waals surface area (Å²) in [5.74, 6) is 5.12. The van der Waals surface area contributed by atoms with Gasteiger partial charge in [0.15, 0.2) is 0 Å². The Bertz CT molecular complexity index is 551. The molecule has 0 aromatic heterocycles. The van der Waals surface area contributed by atoms with Gasteiger partial charge in [-0.1, -0.05) is 6.07 Å². The van der Waals surface area contributed by atoms with Gasteiger partial charge in [-0.3, -0.25) is 0 Å². The van der Waals surface area contributed by atoms with Crippen LogP contribution in [-0.4, -0.2) is 11.2 Å². The average Bonchev–Trinajstić information content (AvgIpc) is 2.76. The van der Waals surface area contributed by atoms with Crippen molar-refractivity contribution in [1.29, 1.82) is 0 Å². The second-order valence-electron chi connectivity index (χ2n) is 7.51. The van der Waals surface area contributed by atoms with Crippen molar-refractivity contribution in [2.45, 2.75) is 44.8 Å². The van der Waals surface area contributed by atoms with Crippen LogP contribution in [0.5, 0.6) is 5.75 Å². The fraction of sp³-hybridized carbons (Fsp3) is 0.667. The fourth-order valence-electron chi connectivity index (χ4n) is 5.66. The summed E-state index contributed by atoms with van der Waals surface area (Å²) in [5.41, 5.74) is 2.41. The molecule has 1 aromatic rings. The molecule has 3 aliphatic carbocycles. The standard InChI is InChI=1S/C18H22O2/c1-9-6-13-8-12(4-5-14(13)20-9)18(19)17-15-10-2-3-11(7-10)16(15)17/h4-5,8-11,15-19H,2-3,6-7H2,1H3. The third kappa shape index (κ3) is 1.43. The molecule has 106 valence electrons. The number of rotatable bonds is 2. The van der Waals surface area contributed by atoms with E-state index in [-0.39, 0.29) is 12.2 Å². The molecule has 1 aromatic carbocycles. The molecule has 6 unspecified atom stereocenters. The first-order chi connectivity index (χ1) is 9.72. The smallest absolute Gasteiger partial charge is 0.123 e. The van der Waals surface area contributed by atoms with Crippen molar-refractivity contribution in [3.63, 3.8) is 0 Å². The molecule has 0 spiro atoms. The molecule has 1 heterocycles. The van der Waals surface area contributed by atoms with Gasteiger partial charge in [-0.2, -0.15) is 0 Å².